The number of aromatic nitrogens is 2. The molecule has 3 rings (SSSR count). The molecule has 7 nitrogen and oxygen atoms in total. The molecule has 1 spiro atoms. The standard InChI is InChI=1S/C20H32N4O3/c1-5-6-16-13-17(22-14(2)21-16)24-10-7-20(8-11-24)18(26)19(4,9-12-27-20)23-15(3)25/h13,18,26H,5-12H2,1-4H3,(H,23,25)/t18-,19+/m1/s1. The molecule has 2 atom stereocenters. The first-order valence-corrected chi connectivity index (χ1v) is 9.98. The van der Waals surface area contributed by atoms with Gasteiger partial charge in [0.2, 0.25) is 5.91 Å². The first kappa shape index (κ1) is 20.0. The first-order chi connectivity index (χ1) is 12.8. The van der Waals surface area contributed by atoms with Gasteiger partial charge in [-0.1, -0.05) is 13.3 Å². The van der Waals surface area contributed by atoms with Gasteiger partial charge in [0.05, 0.1) is 11.1 Å². The molecule has 2 fully saturated rings. The number of nitrogens with one attached hydrogen (secondary N) is 1. The average molecular weight is 377 g/mol. The number of ether oxygens (including phenoxy) is 1. The van der Waals surface area contributed by atoms with Crippen LogP contribution in [-0.2, 0) is 16.0 Å². The van der Waals surface area contributed by atoms with E-state index in [1.807, 2.05) is 13.8 Å². The summed E-state index contributed by atoms with van der Waals surface area (Å²) in [6.45, 7) is 9.55. The number of hydrogen-bond donors (Lipinski definition) is 2. The fourth-order valence-electron chi connectivity index (χ4n) is 4.49. The van der Waals surface area contributed by atoms with Crippen molar-refractivity contribution in [2.24, 2.45) is 0 Å². The van der Waals surface area contributed by atoms with Gasteiger partial charge in [0.25, 0.3) is 0 Å². The number of amides is 1. The fraction of sp³-hybridized carbons (Fsp3) is 0.750. The van der Waals surface area contributed by atoms with Crippen molar-refractivity contribution in [3.8, 4) is 0 Å². The van der Waals surface area contributed by atoms with E-state index in [1.54, 1.807) is 0 Å². The van der Waals surface area contributed by atoms with Gasteiger partial charge in [-0.2, -0.15) is 0 Å². The number of aliphatic hydroxyl groups is 1. The Hall–Kier alpha value is -1.73. The van der Waals surface area contributed by atoms with Crippen LogP contribution in [0.3, 0.4) is 0 Å². The van der Waals surface area contributed by atoms with Crippen LogP contribution in [-0.4, -0.2) is 57.9 Å². The molecule has 0 radical (unpaired) electrons. The first-order valence-electron chi connectivity index (χ1n) is 9.98. The molecule has 2 N–H and O–H groups in total. The topological polar surface area (TPSA) is 87.6 Å². The monoisotopic (exact) mass is 376 g/mol. The molecule has 2 aliphatic heterocycles. The zero-order chi connectivity index (χ0) is 19.7. The van der Waals surface area contributed by atoms with Gasteiger partial charge < -0.3 is 20.1 Å². The van der Waals surface area contributed by atoms with E-state index in [1.165, 1.54) is 6.92 Å². The molecule has 0 unspecified atom stereocenters. The van der Waals surface area contributed by atoms with Crippen LogP contribution in [0.2, 0.25) is 0 Å². The Bertz CT molecular complexity index is 688. The van der Waals surface area contributed by atoms with Crippen molar-refractivity contribution >= 4 is 11.7 Å². The minimum atomic E-state index is -0.729. The maximum Gasteiger partial charge on any atom is 0.217 e. The van der Waals surface area contributed by atoms with Gasteiger partial charge in [0, 0.05) is 38.4 Å². The maximum atomic E-state index is 11.6. The Morgan fingerprint density at radius 3 is 2.70 bits per heavy atom. The van der Waals surface area contributed by atoms with Gasteiger partial charge >= 0.3 is 0 Å². The number of carbonyl (C=O) groups is 1. The average Bonchev–Trinajstić information content (AvgIpc) is 2.60. The Morgan fingerprint density at radius 1 is 1.37 bits per heavy atom. The predicted molar refractivity (Wildman–Crippen MR) is 104 cm³/mol. The largest absolute Gasteiger partial charge is 0.388 e. The molecule has 1 aromatic rings. The number of hydrogen-bond acceptors (Lipinski definition) is 6. The van der Waals surface area contributed by atoms with E-state index < -0.39 is 17.2 Å². The molecule has 0 bridgehead atoms. The van der Waals surface area contributed by atoms with Crippen LogP contribution in [0, 0.1) is 6.92 Å². The normalized spacial score (nSPS) is 27.6. The Morgan fingerprint density at radius 2 is 2.07 bits per heavy atom. The summed E-state index contributed by atoms with van der Waals surface area (Å²) >= 11 is 0. The van der Waals surface area contributed by atoms with E-state index in [0.29, 0.717) is 25.9 Å². The number of piperidine rings is 1. The van der Waals surface area contributed by atoms with E-state index in [9.17, 15) is 9.90 Å². The Balaban J connectivity index is 1.73. The highest BCUT2D eigenvalue weighted by atomic mass is 16.5. The SMILES string of the molecule is CCCc1cc(N2CCC3(CC2)OCC[C@](C)(NC(C)=O)[C@H]3O)nc(C)n1. The summed E-state index contributed by atoms with van der Waals surface area (Å²) in [6.07, 6.45) is 3.30. The molecule has 0 aromatic carbocycles. The maximum absolute atomic E-state index is 11.6. The van der Waals surface area contributed by atoms with Crippen molar-refractivity contribution in [2.45, 2.75) is 77.0 Å². The van der Waals surface area contributed by atoms with Crippen LogP contribution in [0.25, 0.3) is 0 Å². The van der Waals surface area contributed by atoms with Crippen LogP contribution < -0.4 is 10.2 Å². The van der Waals surface area contributed by atoms with Gasteiger partial charge in [0.15, 0.2) is 0 Å². The summed E-state index contributed by atoms with van der Waals surface area (Å²) in [5, 5.41) is 14.0. The van der Waals surface area contributed by atoms with Gasteiger partial charge in [0.1, 0.15) is 17.7 Å². The predicted octanol–water partition coefficient (Wildman–Crippen LogP) is 1.75. The molecule has 0 saturated carbocycles. The second kappa shape index (κ2) is 7.72. The number of nitrogens with zero attached hydrogens (tertiary/aromatic N) is 3. The number of anilines is 1. The van der Waals surface area contributed by atoms with E-state index in [4.69, 9.17) is 4.74 Å². The van der Waals surface area contributed by atoms with Crippen LogP contribution in [0.5, 0.6) is 0 Å². The molecular weight excluding hydrogens is 344 g/mol. The lowest BCUT2D eigenvalue weighted by molar-refractivity contribution is -0.198. The highest BCUT2D eigenvalue weighted by molar-refractivity contribution is 5.74. The summed E-state index contributed by atoms with van der Waals surface area (Å²) in [7, 11) is 0. The van der Waals surface area contributed by atoms with Crippen molar-refractivity contribution in [3.05, 3.63) is 17.6 Å². The number of aliphatic hydroxyl groups excluding tert-OH is 1. The van der Waals surface area contributed by atoms with E-state index >= 15 is 0 Å². The summed E-state index contributed by atoms with van der Waals surface area (Å²) < 4.78 is 6.11. The molecule has 1 aromatic heterocycles. The van der Waals surface area contributed by atoms with Gasteiger partial charge in [-0.05, 0) is 39.5 Å². The zero-order valence-corrected chi connectivity index (χ0v) is 16.9. The summed E-state index contributed by atoms with van der Waals surface area (Å²) in [6, 6.07) is 2.08. The highest BCUT2D eigenvalue weighted by Crippen LogP contribution is 2.40. The van der Waals surface area contributed by atoms with Crippen molar-refractivity contribution in [2.75, 3.05) is 24.6 Å². The molecule has 27 heavy (non-hydrogen) atoms. The molecule has 0 aliphatic carbocycles. The van der Waals surface area contributed by atoms with Crippen molar-refractivity contribution in [3.63, 3.8) is 0 Å². The van der Waals surface area contributed by atoms with E-state index in [0.717, 1.165) is 43.3 Å². The lowest BCUT2D eigenvalue weighted by Crippen LogP contribution is -2.69. The van der Waals surface area contributed by atoms with E-state index in [-0.39, 0.29) is 5.91 Å². The van der Waals surface area contributed by atoms with Crippen LogP contribution >= 0.6 is 0 Å². The third kappa shape index (κ3) is 4.09. The molecule has 2 aliphatic rings. The molecule has 2 saturated heterocycles. The van der Waals surface area contributed by atoms with Gasteiger partial charge in [-0.25, -0.2) is 9.97 Å². The lowest BCUT2D eigenvalue weighted by atomic mass is 9.73. The third-order valence-electron chi connectivity index (χ3n) is 5.89. The Kier molecular flexibility index (Phi) is 5.72. The summed E-state index contributed by atoms with van der Waals surface area (Å²) in [5.41, 5.74) is -0.181. The van der Waals surface area contributed by atoms with Crippen LogP contribution in [0.1, 0.15) is 58.0 Å². The summed E-state index contributed by atoms with van der Waals surface area (Å²) in [5.74, 6) is 1.63. The molecular formula is C20H32N4O3. The quantitative estimate of drug-likeness (QED) is 0.832. The van der Waals surface area contributed by atoms with Gasteiger partial charge in [-0.15, -0.1) is 0 Å². The number of aryl methyl sites for hydroxylation is 2. The minimum absolute atomic E-state index is 0.119. The second-order valence-electron chi connectivity index (χ2n) is 8.17. The van der Waals surface area contributed by atoms with Crippen LogP contribution in [0.4, 0.5) is 5.82 Å². The summed E-state index contributed by atoms with van der Waals surface area (Å²) in [4.78, 5) is 23.0. The highest BCUT2D eigenvalue weighted by Gasteiger charge is 2.53. The number of carbonyl (C=O) groups excluding carboxylic acids is 1. The van der Waals surface area contributed by atoms with Crippen LogP contribution in [0.15, 0.2) is 6.07 Å². The molecule has 7 heteroatoms. The zero-order valence-electron chi connectivity index (χ0n) is 16.9. The molecule has 3 heterocycles. The van der Waals surface area contributed by atoms with Crippen molar-refractivity contribution < 1.29 is 14.6 Å². The molecule has 150 valence electrons. The third-order valence-corrected chi connectivity index (χ3v) is 5.89. The minimum Gasteiger partial charge on any atom is -0.388 e. The van der Waals surface area contributed by atoms with Gasteiger partial charge in [-0.3, -0.25) is 4.79 Å². The Labute approximate surface area is 161 Å². The van der Waals surface area contributed by atoms with Crippen molar-refractivity contribution in [1.29, 1.82) is 0 Å². The second-order valence-corrected chi connectivity index (χ2v) is 8.17. The van der Waals surface area contributed by atoms with E-state index in [2.05, 4.69) is 33.2 Å². The molecule has 1 amide bonds. The number of rotatable bonds is 4. The lowest BCUT2D eigenvalue weighted by Gasteiger charge is -2.53. The van der Waals surface area contributed by atoms with Crippen molar-refractivity contribution in [1.82, 2.24) is 15.3 Å². The fourth-order valence-corrected chi connectivity index (χ4v) is 4.49. The smallest absolute Gasteiger partial charge is 0.217 e.